The van der Waals surface area contributed by atoms with Gasteiger partial charge in [0.15, 0.2) is 0 Å². The lowest BCUT2D eigenvalue weighted by Crippen LogP contribution is -2.17. The van der Waals surface area contributed by atoms with E-state index in [1.165, 1.54) is 0 Å². The number of H-pyrrole nitrogens is 1. The molecule has 4 aromatic carbocycles. The Labute approximate surface area is 212 Å². The van der Waals surface area contributed by atoms with E-state index < -0.39 is 0 Å². The van der Waals surface area contributed by atoms with Gasteiger partial charge >= 0.3 is 0 Å². The molecular weight excluding hydrogens is 448 g/mol. The van der Waals surface area contributed by atoms with Crippen molar-refractivity contribution in [1.29, 1.82) is 0 Å². The second-order valence-corrected chi connectivity index (χ2v) is 11.6. The molecule has 5 aromatic rings. The number of nitrogens with zero attached hydrogens (tertiary/aromatic N) is 1. The largest absolute Gasteiger partial charge is 0.507 e. The van der Waals surface area contributed by atoms with Crippen LogP contribution in [0.3, 0.4) is 0 Å². The average molecular weight is 483 g/mol. The summed E-state index contributed by atoms with van der Waals surface area (Å²) in [6, 6.07) is 16.3. The molecule has 0 aliphatic rings. The van der Waals surface area contributed by atoms with Crippen molar-refractivity contribution in [3.05, 3.63) is 59.7 Å². The molecule has 2 N–H and O–H groups in total. The van der Waals surface area contributed by atoms with E-state index in [0.29, 0.717) is 5.75 Å². The van der Waals surface area contributed by atoms with Crippen LogP contribution in [0.25, 0.3) is 44.0 Å². The maximum Gasteiger partial charge on any atom is 0.138 e. The number of nitrogens with one attached hydrogen (secondary N) is 1. The van der Waals surface area contributed by atoms with E-state index in [1.54, 1.807) is 14.2 Å². The van der Waals surface area contributed by atoms with E-state index in [9.17, 15) is 5.11 Å². The number of fused-ring (bicyclic) bond motifs is 6. The van der Waals surface area contributed by atoms with Gasteiger partial charge < -0.3 is 19.6 Å². The molecule has 186 valence electrons. The first-order chi connectivity index (χ1) is 16.9. The van der Waals surface area contributed by atoms with Gasteiger partial charge in [0.1, 0.15) is 23.1 Å². The molecule has 0 aliphatic heterocycles. The first-order valence-corrected chi connectivity index (χ1v) is 12.3. The number of hydrogen-bond acceptors (Lipinski definition) is 4. The molecule has 0 atom stereocenters. The van der Waals surface area contributed by atoms with Crippen molar-refractivity contribution in [2.75, 3.05) is 14.2 Å². The normalized spacial score (nSPS) is 12.6. The summed E-state index contributed by atoms with van der Waals surface area (Å²) in [6.07, 6.45) is 0. The molecule has 36 heavy (non-hydrogen) atoms. The Bertz CT molecular complexity index is 1520. The van der Waals surface area contributed by atoms with Crippen molar-refractivity contribution in [3.63, 3.8) is 0 Å². The van der Waals surface area contributed by atoms with Crippen LogP contribution < -0.4 is 9.47 Å². The number of imidazole rings is 1. The molecule has 0 amide bonds. The molecule has 5 heteroatoms. The monoisotopic (exact) mass is 482 g/mol. The Hall–Kier alpha value is -3.73. The van der Waals surface area contributed by atoms with E-state index in [0.717, 1.165) is 66.6 Å². The van der Waals surface area contributed by atoms with E-state index >= 15 is 0 Å². The number of aromatic nitrogens is 2. The highest BCUT2D eigenvalue weighted by molar-refractivity contribution is 6.24. The highest BCUT2D eigenvalue weighted by Gasteiger charge is 2.27. The number of phenolic OH excluding ortho intramolecular Hbond substituents is 1. The fraction of sp³-hybridized carbons (Fsp3) is 0.323. The maximum absolute atomic E-state index is 11.2. The topological polar surface area (TPSA) is 67.4 Å². The van der Waals surface area contributed by atoms with Gasteiger partial charge in [0.05, 0.1) is 25.3 Å². The molecule has 0 unspecified atom stereocenters. The van der Waals surface area contributed by atoms with Crippen LogP contribution in [0.5, 0.6) is 17.2 Å². The highest BCUT2D eigenvalue weighted by atomic mass is 16.5. The molecule has 0 saturated carbocycles. The van der Waals surface area contributed by atoms with E-state index in [2.05, 4.69) is 82.9 Å². The van der Waals surface area contributed by atoms with Crippen LogP contribution in [0, 0.1) is 0 Å². The van der Waals surface area contributed by atoms with Crippen molar-refractivity contribution >= 4 is 32.6 Å². The van der Waals surface area contributed by atoms with E-state index in [1.807, 2.05) is 12.1 Å². The number of phenols is 1. The summed E-state index contributed by atoms with van der Waals surface area (Å²) in [5, 5.41) is 15.4. The number of ether oxygens (including phenoxy) is 2. The minimum atomic E-state index is -0.224. The molecular formula is C31H34N2O3. The Morgan fingerprint density at radius 2 is 1.19 bits per heavy atom. The molecule has 1 heterocycles. The second kappa shape index (κ2) is 8.16. The second-order valence-electron chi connectivity index (χ2n) is 11.6. The SMILES string of the molecule is COc1ccc2c(c1)c1cc(OC)ccc1c1[nH]c(-c3cc(C(C)(C)C)c(O)c(C(C)(C)C)c3)nc21. The van der Waals surface area contributed by atoms with Crippen LogP contribution in [0.4, 0.5) is 0 Å². The van der Waals surface area contributed by atoms with Crippen LogP contribution in [-0.2, 0) is 10.8 Å². The number of aromatic hydroxyl groups is 1. The van der Waals surface area contributed by atoms with Crippen molar-refractivity contribution in [2.45, 2.75) is 52.4 Å². The zero-order valence-corrected chi connectivity index (χ0v) is 22.3. The van der Waals surface area contributed by atoms with Gasteiger partial charge in [0.25, 0.3) is 0 Å². The first kappa shape index (κ1) is 24.0. The number of methoxy groups -OCH3 is 2. The third-order valence-corrected chi connectivity index (χ3v) is 6.97. The lowest BCUT2D eigenvalue weighted by molar-refractivity contribution is 0.415. The smallest absolute Gasteiger partial charge is 0.138 e. The molecule has 5 nitrogen and oxygen atoms in total. The van der Waals surface area contributed by atoms with Crippen molar-refractivity contribution < 1.29 is 14.6 Å². The molecule has 0 bridgehead atoms. The lowest BCUT2D eigenvalue weighted by atomic mass is 9.78. The average Bonchev–Trinajstić information content (AvgIpc) is 3.28. The fourth-order valence-corrected chi connectivity index (χ4v) is 4.99. The number of hydrogen-bond donors (Lipinski definition) is 2. The van der Waals surface area contributed by atoms with Gasteiger partial charge in [-0.2, -0.15) is 0 Å². The minimum Gasteiger partial charge on any atom is -0.507 e. The fourth-order valence-electron chi connectivity index (χ4n) is 4.99. The lowest BCUT2D eigenvalue weighted by Gasteiger charge is -2.28. The molecule has 1 aromatic heterocycles. The van der Waals surface area contributed by atoms with Gasteiger partial charge in [-0.1, -0.05) is 41.5 Å². The molecule has 0 fully saturated rings. The highest BCUT2D eigenvalue weighted by Crippen LogP contribution is 2.43. The molecule has 0 aliphatic carbocycles. The zero-order valence-electron chi connectivity index (χ0n) is 22.3. The Morgan fingerprint density at radius 3 is 1.69 bits per heavy atom. The summed E-state index contributed by atoms with van der Waals surface area (Å²) >= 11 is 0. The Kier molecular flexibility index (Phi) is 5.43. The predicted molar refractivity (Wildman–Crippen MR) is 149 cm³/mol. The van der Waals surface area contributed by atoms with Crippen molar-refractivity contribution in [3.8, 4) is 28.6 Å². The van der Waals surface area contributed by atoms with Crippen LogP contribution in [-0.4, -0.2) is 29.3 Å². The van der Waals surface area contributed by atoms with Gasteiger partial charge in [-0.25, -0.2) is 4.98 Å². The summed E-state index contributed by atoms with van der Waals surface area (Å²) in [4.78, 5) is 8.75. The molecule has 0 spiro atoms. The summed E-state index contributed by atoms with van der Waals surface area (Å²) in [5.41, 5.74) is 4.22. The maximum atomic E-state index is 11.2. The van der Waals surface area contributed by atoms with Crippen LogP contribution in [0.1, 0.15) is 52.7 Å². The molecule has 0 radical (unpaired) electrons. The zero-order chi connectivity index (χ0) is 26.0. The molecule has 0 saturated heterocycles. The summed E-state index contributed by atoms with van der Waals surface area (Å²) in [5.74, 6) is 2.74. The summed E-state index contributed by atoms with van der Waals surface area (Å²) in [6.45, 7) is 12.7. The van der Waals surface area contributed by atoms with Gasteiger partial charge in [-0.05, 0) is 70.1 Å². The number of aromatic amines is 1. The van der Waals surface area contributed by atoms with Gasteiger partial charge in [0.2, 0.25) is 0 Å². The third kappa shape index (κ3) is 3.83. The van der Waals surface area contributed by atoms with Crippen LogP contribution in [0.15, 0.2) is 48.5 Å². The summed E-state index contributed by atoms with van der Waals surface area (Å²) in [7, 11) is 3.36. The number of benzene rings is 4. The summed E-state index contributed by atoms with van der Waals surface area (Å²) < 4.78 is 11.1. The standard InChI is InChI=1S/C31H34N2O3/c1-30(2,3)24-13-17(14-25(28(24)34)31(4,5)6)29-32-26-20-11-9-18(35-7)15-22(20)23-16-19(36-8)10-12-21(23)27(26)33-29/h9-16,34H,1-8H3,(H,32,33). The Balaban J connectivity index is 1.87. The number of rotatable bonds is 3. The van der Waals surface area contributed by atoms with E-state index in [4.69, 9.17) is 14.5 Å². The third-order valence-electron chi connectivity index (χ3n) is 6.97. The van der Waals surface area contributed by atoms with Crippen LogP contribution in [0.2, 0.25) is 0 Å². The minimum absolute atomic E-state index is 0.224. The first-order valence-electron chi connectivity index (χ1n) is 12.3. The van der Waals surface area contributed by atoms with Crippen molar-refractivity contribution in [2.24, 2.45) is 0 Å². The van der Waals surface area contributed by atoms with Gasteiger partial charge in [-0.3, -0.25) is 0 Å². The molecule has 5 rings (SSSR count). The van der Waals surface area contributed by atoms with Gasteiger partial charge in [-0.15, -0.1) is 0 Å². The van der Waals surface area contributed by atoms with Crippen LogP contribution >= 0.6 is 0 Å². The van der Waals surface area contributed by atoms with Crippen molar-refractivity contribution in [1.82, 2.24) is 9.97 Å². The predicted octanol–water partition coefficient (Wildman–Crippen LogP) is 7.85. The van der Waals surface area contributed by atoms with Gasteiger partial charge in [0, 0.05) is 27.5 Å². The quantitative estimate of drug-likeness (QED) is 0.257. The van der Waals surface area contributed by atoms with E-state index in [-0.39, 0.29) is 10.8 Å². The Morgan fingerprint density at radius 1 is 0.694 bits per heavy atom.